The van der Waals surface area contributed by atoms with Crippen molar-refractivity contribution in [3.63, 3.8) is 0 Å². The summed E-state index contributed by atoms with van der Waals surface area (Å²) in [6, 6.07) is 11.2. The Bertz CT molecular complexity index is 656. The lowest BCUT2D eigenvalue weighted by Crippen LogP contribution is -2.42. The van der Waals surface area contributed by atoms with E-state index in [2.05, 4.69) is 9.88 Å². The SMILES string of the molecule is CN1CCN(C(=O)c2cc(N)ccn2)c2ccccc21. The number of nitrogens with zero attached hydrogens (tertiary/aromatic N) is 3. The Hall–Kier alpha value is -2.56. The molecule has 0 bridgehead atoms. The van der Waals surface area contributed by atoms with Crippen LogP contribution in [0.1, 0.15) is 10.5 Å². The largest absolute Gasteiger partial charge is 0.399 e. The number of para-hydroxylation sites is 2. The van der Waals surface area contributed by atoms with E-state index in [9.17, 15) is 4.79 Å². The summed E-state index contributed by atoms with van der Waals surface area (Å²) in [5.74, 6) is -0.113. The third kappa shape index (κ3) is 2.07. The molecule has 0 radical (unpaired) electrons. The number of likely N-dealkylation sites (N-methyl/N-ethyl adjacent to an activating group) is 1. The zero-order valence-electron chi connectivity index (χ0n) is 11.3. The van der Waals surface area contributed by atoms with Gasteiger partial charge in [0.2, 0.25) is 0 Å². The van der Waals surface area contributed by atoms with Crippen molar-refractivity contribution < 1.29 is 4.79 Å². The minimum Gasteiger partial charge on any atom is -0.399 e. The number of carbonyl (C=O) groups excluding carboxylic acids is 1. The van der Waals surface area contributed by atoms with Crippen molar-refractivity contribution in [1.82, 2.24) is 4.98 Å². The summed E-state index contributed by atoms with van der Waals surface area (Å²) < 4.78 is 0. The van der Waals surface area contributed by atoms with Crippen LogP contribution in [0.3, 0.4) is 0 Å². The molecule has 2 heterocycles. The predicted molar refractivity (Wildman–Crippen MR) is 80.0 cm³/mol. The number of benzene rings is 1. The smallest absolute Gasteiger partial charge is 0.277 e. The molecule has 0 spiro atoms. The van der Waals surface area contributed by atoms with Crippen LogP contribution in [0.5, 0.6) is 0 Å². The Balaban J connectivity index is 1.99. The molecule has 20 heavy (non-hydrogen) atoms. The number of pyridine rings is 1. The van der Waals surface area contributed by atoms with E-state index in [1.54, 1.807) is 23.2 Å². The van der Waals surface area contributed by atoms with Gasteiger partial charge in [-0.15, -0.1) is 0 Å². The maximum atomic E-state index is 12.6. The normalized spacial score (nSPS) is 14.1. The number of aromatic nitrogens is 1. The zero-order valence-corrected chi connectivity index (χ0v) is 11.3. The van der Waals surface area contributed by atoms with Crippen LogP contribution in [-0.4, -0.2) is 31.0 Å². The summed E-state index contributed by atoms with van der Waals surface area (Å²) in [5, 5.41) is 0. The average Bonchev–Trinajstić information content (AvgIpc) is 2.47. The first-order valence-electron chi connectivity index (χ1n) is 6.50. The summed E-state index contributed by atoms with van der Waals surface area (Å²) >= 11 is 0. The monoisotopic (exact) mass is 268 g/mol. The molecule has 0 aliphatic carbocycles. The molecule has 1 aromatic carbocycles. The van der Waals surface area contributed by atoms with Gasteiger partial charge in [-0.3, -0.25) is 9.78 Å². The zero-order chi connectivity index (χ0) is 14.1. The summed E-state index contributed by atoms with van der Waals surface area (Å²) in [6.45, 7) is 1.44. The van der Waals surface area contributed by atoms with Crippen molar-refractivity contribution in [3.8, 4) is 0 Å². The van der Waals surface area contributed by atoms with Gasteiger partial charge in [0, 0.05) is 32.0 Å². The van der Waals surface area contributed by atoms with Crippen LogP contribution >= 0.6 is 0 Å². The molecule has 2 N–H and O–H groups in total. The van der Waals surface area contributed by atoms with E-state index in [1.165, 1.54) is 0 Å². The van der Waals surface area contributed by atoms with E-state index >= 15 is 0 Å². The molecule has 3 rings (SSSR count). The summed E-state index contributed by atoms with van der Waals surface area (Å²) in [5.41, 5.74) is 8.61. The van der Waals surface area contributed by atoms with Gasteiger partial charge < -0.3 is 15.5 Å². The molecule has 0 saturated carbocycles. The number of nitrogen functional groups attached to an aromatic ring is 1. The molecule has 1 aliphatic rings. The fraction of sp³-hybridized carbons (Fsp3) is 0.200. The molecule has 102 valence electrons. The lowest BCUT2D eigenvalue weighted by molar-refractivity contribution is 0.0982. The molecular formula is C15H16N4O. The minimum atomic E-state index is -0.113. The van der Waals surface area contributed by atoms with Crippen molar-refractivity contribution >= 4 is 23.0 Å². The Morgan fingerprint density at radius 3 is 2.70 bits per heavy atom. The Labute approximate surface area is 117 Å². The van der Waals surface area contributed by atoms with Crippen molar-refractivity contribution in [1.29, 1.82) is 0 Å². The van der Waals surface area contributed by atoms with Crippen LogP contribution in [-0.2, 0) is 0 Å². The predicted octanol–water partition coefficient (Wildman–Crippen LogP) is 1.76. The van der Waals surface area contributed by atoms with E-state index < -0.39 is 0 Å². The number of nitrogens with two attached hydrogens (primary N) is 1. The maximum Gasteiger partial charge on any atom is 0.277 e. The molecule has 0 unspecified atom stereocenters. The van der Waals surface area contributed by atoms with Crippen LogP contribution in [0.4, 0.5) is 17.1 Å². The standard InChI is InChI=1S/C15H16N4O/c1-18-8-9-19(14-5-3-2-4-13(14)18)15(20)12-10-11(16)6-7-17-12/h2-7,10H,8-9H2,1H3,(H2,16,17). The van der Waals surface area contributed by atoms with E-state index in [1.807, 2.05) is 31.3 Å². The number of hydrogen-bond acceptors (Lipinski definition) is 4. The molecule has 5 nitrogen and oxygen atoms in total. The molecule has 0 fully saturated rings. The van der Waals surface area contributed by atoms with Crippen LogP contribution in [0, 0.1) is 0 Å². The van der Waals surface area contributed by atoms with Gasteiger partial charge in [0.05, 0.1) is 11.4 Å². The van der Waals surface area contributed by atoms with Crippen molar-refractivity contribution in [2.45, 2.75) is 0 Å². The lowest BCUT2D eigenvalue weighted by atomic mass is 10.1. The molecule has 1 aromatic heterocycles. The second kappa shape index (κ2) is 4.85. The molecule has 1 amide bonds. The first-order valence-corrected chi connectivity index (χ1v) is 6.50. The van der Waals surface area contributed by atoms with Gasteiger partial charge in [0.1, 0.15) is 5.69 Å². The fourth-order valence-electron chi connectivity index (χ4n) is 2.42. The Kier molecular flexibility index (Phi) is 3.02. The highest BCUT2D eigenvalue weighted by molar-refractivity contribution is 6.07. The van der Waals surface area contributed by atoms with Crippen molar-refractivity contribution in [2.24, 2.45) is 0 Å². The third-order valence-electron chi connectivity index (χ3n) is 3.49. The van der Waals surface area contributed by atoms with Gasteiger partial charge in [-0.05, 0) is 24.3 Å². The van der Waals surface area contributed by atoms with Crippen LogP contribution < -0.4 is 15.5 Å². The highest BCUT2D eigenvalue weighted by atomic mass is 16.2. The first-order chi connectivity index (χ1) is 9.66. The first kappa shape index (κ1) is 12.5. The molecule has 2 aromatic rings. The van der Waals surface area contributed by atoms with E-state index in [4.69, 9.17) is 5.73 Å². The highest BCUT2D eigenvalue weighted by Crippen LogP contribution is 2.32. The van der Waals surface area contributed by atoms with Crippen LogP contribution in [0.2, 0.25) is 0 Å². The summed E-state index contributed by atoms with van der Waals surface area (Å²) in [4.78, 5) is 20.6. The second-order valence-corrected chi connectivity index (χ2v) is 4.84. The lowest BCUT2D eigenvalue weighted by Gasteiger charge is -2.35. The van der Waals surface area contributed by atoms with Crippen molar-refractivity contribution in [2.75, 3.05) is 35.7 Å². The summed E-state index contributed by atoms with van der Waals surface area (Å²) in [7, 11) is 2.03. The van der Waals surface area contributed by atoms with Gasteiger partial charge in [-0.1, -0.05) is 12.1 Å². The highest BCUT2D eigenvalue weighted by Gasteiger charge is 2.26. The van der Waals surface area contributed by atoms with Gasteiger partial charge in [0.15, 0.2) is 0 Å². The molecule has 0 atom stereocenters. The number of fused-ring (bicyclic) bond motifs is 1. The molecule has 1 aliphatic heterocycles. The van der Waals surface area contributed by atoms with Gasteiger partial charge in [0.25, 0.3) is 5.91 Å². The van der Waals surface area contributed by atoms with Crippen LogP contribution in [0.15, 0.2) is 42.6 Å². The molecular weight excluding hydrogens is 252 g/mol. The van der Waals surface area contributed by atoms with E-state index in [-0.39, 0.29) is 5.91 Å². The van der Waals surface area contributed by atoms with Crippen LogP contribution in [0.25, 0.3) is 0 Å². The minimum absolute atomic E-state index is 0.113. The topological polar surface area (TPSA) is 62.5 Å². The molecule has 0 saturated heterocycles. The number of hydrogen-bond donors (Lipinski definition) is 1. The maximum absolute atomic E-state index is 12.6. The quantitative estimate of drug-likeness (QED) is 0.856. The number of rotatable bonds is 1. The summed E-state index contributed by atoms with van der Waals surface area (Å²) in [6.07, 6.45) is 1.56. The van der Waals surface area contributed by atoms with Crippen molar-refractivity contribution in [3.05, 3.63) is 48.3 Å². The second-order valence-electron chi connectivity index (χ2n) is 4.84. The van der Waals surface area contributed by atoms with Gasteiger partial charge in [-0.25, -0.2) is 0 Å². The average molecular weight is 268 g/mol. The number of anilines is 3. The third-order valence-corrected chi connectivity index (χ3v) is 3.49. The van der Waals surface area contributed by atoms with Gasteiger partial charge >= 0.3 is 0 Å². The number of carbonyl (C=O) groups is 1. The Morgan fingerprint density at radius 2 is 1.95 bits per heavy atom. The molecule has 5 heteroatoms. The fourth-order valence-corrected chi connectivity index (χ4v) is 2.42. The Morgan fingerprint density at radius 1 is 1.20 bits per heavy atom. The van der Waals surface area contributed by atoms with Gasteiger partial charge in [-0.2, -0.15) is 0 Å². The van der Waals surface area contributed by atoms with E-state index in [0.29, 0.717) is 17.9 Å². The number of amides is 1. The van der Waals surface area contributed by atoms with E-state index in [0.717, 1.165) is 17.9 Å².